The molecule has 0 spiro atoms. The lowest BCUT2D eigenvalue weighted by Gasteiger charge is -2.37. The second-order valence-corrected chi connectivity index (χ2v) is 22.0. The minimum Gasteiger partial charge on any atom is -0.494 e. The zero-order valence-corrected chi connectivity index (χ0v) is 47.5. The van der Waals surface area contributed by atoms with Crippen molar-refractivity contribution in [3.8, 4) is 17.2 Å². The molecular formula is C67H103BrO3. The van der Waals surface area contributed by atoms with Crippen molar-refractivity contribution in [1.29, 1.82) is 0 Å². The Balaban J connectivity index is 1.38. The fourth-order valence-electron chi connectivity index (χ4n) is 10.5. The van der Waals surface area contributed by atoms with E-state index in [1.165, 1.54) is 234 Å². The summed E-state index contributed by atoms with van der Waals surface area (Å²) in [7, 11) is 0. The van der Waals surface area contributed by atoms with Crippen molar-refractivity contribution in [2.45, 2.75) is 257 Å². The fraction of sp³-hybridized carbons (Fsp3) is 0.642. The zero-order chi connectivity index (χ0) is 50.1. The molecule has 0 aliphatic heterocycles. The highest BCUT2D eigenvalue weighted by Gasteiger charge is 2.38. The lowest BCUT2D eigenvalue weighted by atomic mass is 9.65. The Hall–Kier alpha value is -3.24. The highest BCUT2D eigenvalue weighted by molar-refractivity contribution is 9.10. The molecule has 0 N–H and O–H groups in total. The maximum Gasteiger partial charge on any atom is 0.119 e. The maximum absolute atomic E-state index is 6.39. The van der Waals surface area contributed by atoms with Gasteiger partial charge in [-0.3, -0.25) is 0 Å². The SMILES string of the molecule is CCCCCCCCCCCCCCOc1ccc(C(c2ccc(Br)cc2)(c2ccc(OCCCCCCCCCCCCCC)cc2)c2ccc(OCCCCCCCCCCCCCC)cc2)cc1. The molecule has 0 bridgehead atoms. The molecule has 4 rings (SSSR count). The first kappa shape index (κ1) is 60.3. The predicted molar refractivity (Wildman–Crippen MR) is 312 cm³/mol. The molecule has 396 valence electrons. The third kappa shape index (κ3) is 25.0. The van der Waals surface area contributed by atoms with Crippen LogP contribution in [0.4, 0.5) is 0 Å². The predicted octanol–water partition coefficient (Wildman–Crippen LogP) is 22.1. The summed E-state index contributed by atoms with van der Waals surface area (Å²) in [6.07, 6.45) is 48.4. The monoisotopic (exact) mass is 1030 g/mol. The highest BCUT2D eigenvalue weighted by atomic mass is 79.9. The van der Waals surface area contributed by atoms with Gasteiger partial charge in [-0.1, -0.05) is 297 Å². The van der Waals surface area contributed by atoms with Crippen LogP contribution in [-0.2, 0) is 5.41 Å². The van der Waals surface area contributed by atoms with Crippen LogP contribution in [0.1, 0.15) is 274 Å². The molecule has 0 aliphatic carbocycles. The molecule has 4 aromatic carbocycles. The molecular weight excluding hydrogens is 933 g/mol. The van der Waals surface area contributed by atoms with Crippen molar-refractivity contribution >= 4 is 15.9 Å². The van der Waals surface area contributed by atoms with Gasteiger partial charge in [0.25, 0.3) is 0 Å². The van der Waals surface area contributed by atoms with Crippen molar-refractivity contribution in [1.82, 2.24) is 0 Å². The Morgan fingerprint density at radius 3 is 0.648 bits per heavy atom. The zero-order valence-electron chi connectivity index (χ0n) is 45.9. The van der Waals surface area contributed by atoms with Crippen molar-refractivity contribution < 1.29 is 14.2 Å². The summed E-state index contributed by atoms with van der Waals surface area (Å²) in [5.41, 5.74) is 4.23. The van der Waals surface area contributed by atoms with Crippen LogP contribution < -0.4 is 14.2 Å². The summed E-state index contributed by atoms with van der Waals surface area (Å²) in [5.74, 6) is 2.80. The van der Waals surface area contributed by atoms with Crippen LogP contribution in [0.25, 0.3) is 0 Å². The molecule has 71 heavy (non-hydrogen) atoms. The summed E-state index contributed by atoms with van der Waals surface area (Å²) < 4.78 is 20.2. The number of ether oxygens (including phenoxy) is 3. The Morgan fingerprint density at radius 2 is 0.437 bits per heavy atom. The molecule has 0 saturated heterocycles. The summed E-state index contributed by atoms with van der Waals surface area (Å²) in [4.78, 5) is 0. The Bertz CT molecular complexity index is 1620. The van der Waals surface area contributed by atoms with Crippen molar-refractivity contribution in [2.24, 2.45) is 0 Å². The molecule has 0 amide bonds. The molecule has 0 saturated carbocycles. The van der Waals surface area contributed by atoms with Gasteiger partial charge in [0.15, 0.2) is 0 Å². The van der Waals surface area contributed by atoms with Gasteiger partial charge >= 0.3 is 0 Å². The van der Waals surface area contributed by atoms with Crippen LogP contribution in [0.3, 0.4) is 0 Å². The van der Waals surface area contributed by atoms with E-state index >= 15 is 0 Å². The highest BCUT2D eigenvalue weighted by Crippen LogP contribution is 2.46. The molecule has 0 fully saturated rings. The van der Waals surface area contributed by atoms with Gasteiger partial charge in [-0.15, -0.1) is 0 Å². The quantitative estimate of drug-likeness (QED) is 0.0326. The summed E-state index contributed by atoms with van der Waals surface area (Å²) >= 11 is 3.75. The first-order valence-electron chi connectivity index (χ1n) is 30.1. The number of hydrogen-bond acceptors (Lipinski definition) is 3. The fourth-order valence-corrected chi connectivity index (χ4v) is 10.8. The third-order valence-corrected chi connectivity index (χ3v) is 15.5. The standard InChI is InChI=1S/C67H103BrO3/c1-4-7-10-13-16-19-22-25-28-31-34-37-56-69-64-50-42-60(43-51-64)67(59-40-48-63(68)49-41-59,61-44-52-65(53-45-61)70-57-38-35-32-29-26-23-20-17-14-11-8-5-2)62-46-54-66(55-47-62)71-58-39-36-33-30-27-24-21-18-15-12-9-6-3/h40-55H,4-39,56-58H2,1-3H3. The number of benzene rings is 4. The van der Waals surface area contributed by atoms with E-state index in [2.05, 4.69) is 134 Å². The second-order valence-electron chi connectivity index (χ2n) is 21.0. The van der Waals surface area contributed by atoms with Crippen molar-refractivity contribution in [3.05, 3.63) is 124 Å². The van der Waals surface area contributed by atoms with E-state index in [9.17, 15) is 0 Å². The summed E-state index contributed by atoms with van der Waals surface area (Å²) in [6, 6.07) is 35.7. The van der Waals surface area contributed by atoms with Gasteiger partial charge in [0, 0.05) is 4.47 Å². The normalized spacial score (nSPS) is 11.6. The summed E-state index contributed by atoms with van der Waals surface area (Å²) in [5, 5.41) is 0. The smallest absolute Gasteiger partial charge is 0.119 e. The van der Waals surface area contributed by atoms with Gasteiger partial charge in [0.05, 0.1) is 25.2 Å². The molecule has 0 aliphatic rings. The second kappa shape index (κ2) is 40.2. The average Bonchev–Trinajstić information content (AvgIpc) is 3.40. The lowest BCUT2D eigenvalue weighted by molar-refractivity contribution is 0.304. The molecule has 0 radical (unpaired) electrons. The van der Waals surface area contributed by atoms with E-state index in [1.807, 2.05) is 0 Å². The van der Waals surface area contributed by atoms with Gasteiger partial charge < -0.3 is 14.2 Å². The van der Waals surface area contributed by atoms with E-state index in [-0.39, 0.29) is 0 Å². The van der Waals surface area contributed by atoms with E-state index in [0.717, 1.165) is 60.8 Å². The molecule has 4 heteroatoms. The molecule has 0 atom stereocenters. The first-order valence-corrected chi connectivity index (χ1v) is 30.9. The van der Waals surface area contributed by atoms with E-state index < -0.39 is 5.41 Å². The van der Waals surface area contributed by atoms with Crippen LogP contribution in [-0.4, -0.2) is 19.8 Å². The van der Waals surface area contributed by atoms with Gasteiger partial charge in [0.2, 0.25) is 0 Å². The van der Waals surface area contributed by atoms with Crippen LogP contribution in [0.15, 0.2) is 102 Å². The molecule has 0 heterocycles. The maximum atomic E-state index is 6.39. The number of rotatable bonds is 46. The lowest BCUT2D eigenvalue weighted by Crippen LogP contribution is -2.31. The van der Waals surface area contributed by atoms with Gasteiger partial charge in [-0.2, -0.15) is 0 Å². The Morgan fingerprint density at radius 1 is 0.254 bits per heavy atom. The van der Waals surface area contributed by atoms with Gasteiger partial charge in [-0.25, -0.2) is 0 Å². The summed E-state index contributed by atoms with van der Waals surface area (Å²) in [6.45, 7) is 9.17. The minimum atomic E-state index is -0.586. The largest absolute Gasteiger partial charge is 0.494 e. The molecule has 4 aromatic rings. The van der Waals surface area contributed by atoms with Gasteiger partial charge in [-0.05, 0) is 90.0 Å². The first-order chi connectivity index (χ1) is 35.1. The molecule has 0 unspecified atom stereocenters. The molecule has 0 aromatic heterocycles. The Kier molecular flexibility index (Phi) is 34.1. The van der Waals surface area contributed by atoms with Gasteiger partial charge in [0.1, 0.15) is 17.2 Å². The van der Waals surface area contributed by atoms with Crippen LogP contribution in [0.2, 0.25) is 0 Å². The van der Waals surface area contributed by atoms with Crippen LogP contribution >= 0.6 is 15.9 Å². The minimum absolute atomic E-state index is 0.586. The van der Waals surface area contributed by atoms with E-state index in [1.54, 1.807) is 0 Å². The van der Waals surface area contributed by atoms with Crippen molar-refractivity contribution in [2.75, 3.05) is 19.8 Å². The van der Waals surface area contributed by atoms with Crippen LogP contribution in [0, 0.1) is 0 Å². The van der Waals surface area contributed by atoms with Crippen molar-refractivity contribution in [3.63, 3.8) is 0 Å². The third-order valence-electron chi connectivity index (χ3n) is 14.9. The number of unbranched alkanes of at least 4 members (excludes halogenated alkanes) is 33. The van der Waals surface area contributed by atoms with E-state index in [4.69, 9.17) is 14.2 Å². The average molecular weight is 1040 g/mol. The topological polar surface area (TPSA) is 27.7 Å². The van der Waals surface area contributed by atoms with Crippen LogP contribution in [0.5, 0.6) is 17.2 Å². The Labute approximate surface area is 446 Å². The number of halogens is 1. The number of hydrogen-bond donors (Lipinski definition) is 0. The molecule has 3 nitrogen and oxygen atoms in total. The van der Waals surface area contributed by atoms with E-state index in [0.29, 0.717) is 0 Å².